The fraction of sp³-hybridized carbons (Fsp3) is 0.474. The Kier molecular flexibility index (Phi) is 5.40. The maximum atomic E-state index is 12.7. The van der Waals surface area contributed by atoms with Crippen LogP contribution < -0.4 is 5.32 Å². The molecule has 1 aromatic heterocycles. The van der Waals surface area contributed by atoms with E-state index in [4.69, 9.17) is 23.2 Å². The monoisotopic (exact) mass is 379 g/mol. The number of nitrogens with zero attached hydrogens (tertiary/aromatic N) is 2. The molecule has 1 fully saturated rings. The zero-order valence-electron chi connectivity index (χ0n) is 14.6. The van der Waals surface area contributed by atoms with Crippen LogP contribution in [0.15, 0.2) is 30.6 Å². The van der Waals surface area contributed by atoms with Gasteiger partial charge in [0.2, 0.25) is 5.91 Å². The second-order valence-corrected chi connectivity index (χ2v) is 8.01. The van der Waals surface area contributed by atoms with Crippen LogP contribution in [0.2, 0.25) is 10.0 Å². The lowest BCUT2D eigenvalue weighted by atomic mass is 9.72. The molecule has 3 rings (SSSR count). The lowest BCUT2D eigenvalue weighted by molar-refractivity contribution is -0.127. The van der Waals surface area contributed by atoms with E-state index in [-0.39, 0.29) is 17.4 Å². The van der Waals surface area contributed by atoms with Crippen LogP contribution in [0.25, 0.3) is 0 Å². The Bertz CT molecular complexity index is 768. The van der Waals surface area contributed by atoms with Crippen LogP contribution >= 0.6 is 23.2 Å². The molecule has 1 unspecified atom stereocenters. The fourth-order valence-electron chi connectivity index (χ4n) is 3.39. The van der Waals surface area contributed by atoms with Gasteiger partial charge in [-0.05, 0) is 55.4 Å². The zero-order valence-corrected chi connectivity index (χ0v) is 16.1. The summed E-state index contributed by atoms with van der Waals surface area (Å²) in [5.74, 6) is -0.00370. The largest absolute Gasteiger partial charge is 0.350 e. The molecule has 0 aliphatic heterocycles. The highest BCUT2D eigenvalue weighted by Crippen LogP contribution is 2.37. The molecule has 1 aromatic carbocycles. The smallest absolute Gasteiger partial charge is 0.223 e. The molecule has 2 aromatic rings. The van der Waals surface area contributed by atoms with Crippen molar-refractivity contribution in [3.05, 3.63) is 51.8 Å². The van der Waals surface area contributed by atoms with Gasteiger partial charge < -0.3 is 5.32 Å². The van der Waals surface area contributed by atoms with E-state index in [1.165, 1.54) is 0 Å². The minimum Gasteiger partial charge on any atom is -0.350 e. The van der Waals surface area contributed by atoms with Gasteiger partial charge in [0.1, 0.15) is 0 Å². The summed E-state index contributed by atoms with van der Waals surface area (Å²) in [5.41, 5.74) is 1.93. The van der Waals surface area contributed by atoms with Crippen molar-refractivity contribution in [2.24, 2.45) is 13.0 Å². The number of benzene rings is 1. The van der Waals surface area contributed by atoms with Crippen LogP contribution in [0, 0.1) is 5.92 Å². The Morgan fingerprint density at radius 2 is 2.16 bits per heavy atom. The molecule has 1 aliphatic carbocycles. The Morgan fingerprint density at radius 3 is 2.72 bits per heavy atom. The summed E-state index contributed by atoms with van der Waals surface area (Å²) in [4.78, 5) is 12.7. The molecule has 0 spiro atoms. The Hall–Kier alpha value is -1.52. The number of hydrogen-bond acceptors (Lipinski definition) is 2. The molecular formula is C19H23Cl2N3O. The number of carbonyl (C=O) groups is 1. The van der Waals surface area contributed by atoms with Gasteiger partial charge in [-0.1, -0.05) is 36.2 Å². The average Bonchev–Trinajstić information content (AvgIpc) is 2.92. The number of nitrogens with one attached hydrogen (secondary N) is 1. The lowest BCUT2D eigenvalue weighted by Crippen LogP contribution is -2.56. The van der Waals surface area contributed by atoms with Gasteiger partial charge in [0, 0.05) is 34.7 Å². The summed E-state index contributed by atoms with van der Waals surface area (Å²) in [6.45, 7) is 1.96. The Labute approximate surface area is 158 Å². The summed E-state index contributed by atoms with van der Waals surface area (Å²) < 4.78 is 1.76. The predicted molar refractivity (Wildman–Crippen MR) is 101 cm³/mol. The van der Waals surface area contributed by atoms with E-state index < -0.39 is 0 Å². The number of amides is 1. The predicted octanol–water partition coefficient (Wildman–Crippen LogP) is 4.19. The van der Waals surface area contributed by atoms with Gasteiger partial charge in [-0.25, -0.2) is 0 Å². The van der Waals surface area contributed by atoms with Crippen molar-refractivity contribution in [2.75, 3.05) is 0 Å². The van der Waals surface area contributed by atoms with E-state index >= 15 is 0 Å². The van der Waals surface area contributed by atoms with Crippen molar-refractivity contribution in [3.8, 4) is 0 Å². The number of rotatable bonds is 6. The van der Waals surface area contributed by atoms with Crippen LogP contribution in [-0.4, -0.2) is 21.2 Å². The molecule has 6 heteroatoms. The molecule has 25 heavy (non-hydrogen) atoms. The van der Waals surface area contributed by atoms with E-state index in [2.05, 4.69) is 10.4 Å². The first kappa shape index (κ1) is 18.3. The maximum absolute atomic E-state index is 12.7. The molecule has 0 bridgehead atoms. The third-order valence-corrected chi connectivity index (χ3v) is 5.58. The van der Waals surface area contributed by atoms with Crippen LogP contribution in [0.3, 0.4) is 0 Å². The quantitative estimate of drug-likeness (QED) is 0.817. The fourth-order valence-corrected chi connectivity index (χ4v) is 3.86. The number of hydrogen-bond donors (Lipinski definition) is 1. The Balaban J connectivity index is 1.65. The molecule has 1 atom stereocenters. The van der Waals surface area contributed by atoms with Crippen LogP contribution in [0.5, 0.6) is 0 Å². The topological polar surface area (TPSA) is 46.9 Å². The minimum absolute atomic E-state index is 0.0913. The number of aromatic nitrogens is 2. The Morgan fingerprint density at radius 1 is 1.40 bits per heavy atom. The second-order valence-electron chi connectivity index (χ2n) is 7.16. The van der Waals surface area contributed by atoms with Crippen molar-refractivity contribution < 1.29 is 4.79 Å². The first-order valence-electron chi connectivity index (χ1n) is 8.60. The molecule has 1 aliphatic rings. The number of aryl methyl sites for hydroxylation is 1. The van der Waals surface area contributed by atoms with Crippen molar-refractivity contribution in [1.82, 2.24) is 15.1 Å². The zero-order chi connectivity index (χ0) is 18.0. The van der Waals surface area contributed by atoms with Crippen molar-refractivity contribution in [3.63, 3.8) is 0 Å². The average molecular weight is 380 g/mol. The third kappa shape index (κ3) is 4.36. The molecule has 1 N–H and O–H groups in total. The normalized spacial score (nSPS) is 17.0. The molecule has 4 nitrogen and oxygen atoms in total. The van der Waals surface area contributed by atoms with Crippen LogP contribution in [0.1, 0.15) is 37.3 Å². The van der Waals surface area contributed by atoms with Gasteiger partial charge in [-0.2, -0.15) is 5.10 Å². The van der Waals surface area contributed by atoms with Gasteiger partial charge >= 0.3 is 0 Å². The summed E-state index contributed by atoms with van der Waals surface area (Å²) in [7, 11) is 1.88. The number of carbonyl (C=O) groups excluding carboxylic acids is 1. The molecular weight excluding hydrogens is 357 g/mol. The summed E-state index contributed by atoms with van der Waals surface area (Å²) >= 11 is 12.3. The van der Waals surface area contributed by atoms with E-state index in [0.717, 1.165) is 36.8 Å². The van der Waals surface area contributed by atoms with E-state index in [9.17, 15) is 4.79 Å². The lowest BCUT2D eigenvalue weighted by Gasteiger charge is -2.43. The molecule has 1 amide bonds. The summed E-state index contributed by atoms with van der Waals surface area (Å²) in [5, 5.41) is 8.75. The SMILES string of the molecule is CC(Cc1cnn(C)c1)C(=O)NC1(Cc2ccc(Cl)cc2Cl)CCC1. The molecule has 0 radical (unpaired) electrons. The number of halogens is 2. The second kappa shape index (κ2) is 7.38. The van der Waals surface area contributed by atoms with Gasteiger partial charge in [0.15, 0.2) is 0 Å². The van der Waals surface area contributed by atoms with E-state index in [0.29, 0.717) is 16.5 Å². The van der Waals surface area contributed by atoms with Gasteiger partial charge in [-0.15, -0.1) is 0 Å². The molecule has 1 saturated carbocycles. The molecule has 1 heterocycles. The van der Waals surface area contributed by atoms with E-state index in [1.807, 2.05) is 38.5 Å². The maximum Gasteiger partial charge on any atom is 0.223 e. The van der Waals surface area contributed by atoms with Crippen molar-refractivity contribution >= 4 is 29.1 Å². The minimum atomic E-state index is -0.183. The summed E-state index contributed by atoms with van der Waals surface area (Å²) in [6.07, 6.45) is 8.30. The first-order chi connectivity index (χ1) is 11.9. The van der Waals surface area contributed by atoms with Crippen molar-refractivity contribution in [1.29, 1.82) is 0 Å². The van der Waals surface area contributed by atoms with Crippen LogP contribution in [0.4, 0.5) is 0 Å². The van der Waals surface area contributed by atoms with Crippen LogP contribution in [-0.2, 0) is 24.7 Å². The first-order valence-corrected chi connectivity index (χ1v) is 9.36. The van der Waals surface area contributed by atoms with Crippen molar-refractivity contribution in [2.45, 2.75) is 44.6 Å². The highest BCUT2D eigenvalue weighted by molar-refractivity contribution is 6.35. The standard InChI is InChI=1S/C19H23Cl2N3O/c1-13(8-14-11-22-24(2)12-14)18(25)23-19(6-3-7-19)10-15-4-5-16(20)9-17(15)21/h4-5,9,11-13H,3,6-8,10H2,1-2H3,(H,23,25). The highest BCUT2D eigenvalue weighted by Gasteiger charge is 2.39. The third-order valence-electron chi connectivity index (χ3n) is 4.99. The highest BCUT2D eigenvalue weighted by atomic mass is 35.5. The van der Waals surface area contributed by atoms with Gasteiger partial charge in [0.05, 0.1) is 6.20 Å². The molecule has 134 valence electrons. The van der Waals surface area contributed by atoms with Gasteiger partial charge in [0.25, 0.3) is 0 Å². The van der Waals surface area contributed by atoms with E-state index in [1.54, 1.807) is 10.7 Å². The van der Waals surface area contributed by atoms with Gasteiger partial charge in [-0.3, -0.25) is 9.48 Å². The molecule has 0 saturated heterocycles. The summed E-state index contributed by atoms with van der Waals surface area (Å²) in [6, 6.07) is 5.57.